The van der Waals surface area contributed by atoms with Crippen molar-refractivity contribution in [3.8, 4) is 0 Å². The van der Waals surface area contributed by atoms with E-state index in [2.05, 4.69) is 20.2 Å². The van der Waals surface area contributed by atoms with Crippen molar-refractivity contribution in [2.75, 3.05) is 6.54 Å². The average molecular weight is 387 g/mol. The van der Waals surface area contributed by atoms with Gasteiger partial charge in [0.25, 0.3) is 0 Å². The van der Waals surface area contributed by atoms with Gasteiger partial charge in [-0.25, -0.2) is 4.98 Å². The molecule has 3 aromatic rings. The zero-order chi connectivity index (χ0) is 19.0. The van der Waals surface area contributed by atoms with Crippen LogP contribution in [0.15, 0.2) is 17.6 Å². The maximum Gasteiger partial charge on any atom is 0.220 e. The first-order valence-electron chi connectivity index (χ1n) is 9.77. The lowest BCUT2D eigenvalue weighted by Crippen LogP contribution is -2.27. The van der Waals surface area contributed by atoms with Gasteiger partial charge >= 0.3 is 0 Å². The van der Waals surface area contributed by atoms with E-state index in [4.69, 9.17) is 4.98 Å². The summed E-state index contributed by atoms with van der Waals surface area (Å²) in [5, 5.41) is 15.3. The summed E-state index contributed by atoms with van der Waals surface area (Å²) >= 11 is 1.68. The predicted octanol–water partition coefficient (Wildman–Crippen LogP) is 3.96. The SMILES string of the molecule is CCNC(=O)C[C@H]1CC[C@H](n2c(C(C)O)nc3cnc4ccsc4c32)CC1. The van der Waals surface area contributed by atoms with Gasteiger partial charge in [-0.1, -0.05) is 0 Å². The van der Waals surface area contributed by atoms with Crippen molar-refractivity contribution >= 4 is 38.5 Å². The minimum atomic E-state index is -0.625. The second kappa shape index (κ2) is 7.56. The molecule has 4 rings (SSSR count). The summed E-state index contributed by atoms with van der Waals surface area (Å²) in [6.07, 6.45) is 5.87. The minimum absolute atomic E-state index is 0.157. The number of aliphatic hydroxyl groups excluding tert-OH is 1. The maximum absolute atomic E-state index is 11.9. The van der Waals surface area contributed by atoms with E-state index < -0.39 is 6.10 Å². The number of carbonyl (C=O) groups is 1. The van der Waals surface area contributed by atoms with E-state index in [1.807, 2.05) is 19.2 Å². The highest BCUT2D eigenvalue weighted by Crippen LogP contribution is 2.39. The molecule has 3 aromatic heterocycles. The third kappa shape index (κ3) is 3.46. The van der Waals surface area contributed by atoms with Crippen LogP contribution in [0.4, 0.5) is 0 Å². The number of aromatic nitrogens is 3. The van der Waals surface area contributed by atoms with Crippen LogP contribution in [0.25, 0.3) is 21.3 Å². The molecule has 0 aromatic carbocycles. The zero-order valence-corrected chi connectivity index (χ0v) is 16.6. The van der Waals surface area contributed by atoms with Crippen LogP contribution in [0, 0.1) is 5.92 Å². The molecule has 0 spiro atoms. The van der Waals surface area contributed by atoms with Gasteiger partial charge in [0.05, 0.1) is 21.9 Å². The molecule has 0 saturated heterocycles. The first kappa shape index (κ1) is 18.4. The van der Waals surface area contributed by atoms with Crippen molar-refractivity contribution in [3.05, 3.63) is 23.5 Å². The first-order chi connectivity index (χ1) is 13.1. The Kier molecular flexibility index (Phi) is 5.14. The molecule has 0 bridgehead atoms. The van der Waals surface area contributed by atoms with Crippen LogP contribution < -0.4 is 5.32 Å². The standard InChI is InChI=1S/C20H26N4O2S/c1-3-21-17(26)10-13-4-6-14(7-5-13)24-18-16(23-20(24)12(2)25)11-22-15-8-9-27-19(15)18/h8-9,11-14,25H,3-7,10H2,1-2H3,(H,21,26)/t12?,13-,14-. The lowest BCUT2D eigenvalue weighted by atomic mass is 9.83. The van der Waals surface area contributed by atoms with E-state index in [1.165, 1.54) is 0 Å². The molecule has 1 aliphatic carbocycles. The molecule has 1 amide bonds. The largest absolute Gasteiger partial charge is 0.385 e. The Morgan fingerprint density at radius 3 is 2.85 bits per heavy atom. The van der Waals surface area contributed by atoms with Crippen LogP contribution >= 0.6 is 11.3 Å². The van der Waals surface area contributed by atoms with E-state index >= 15 is 0 Å². The monoisotopic (exact) mass is 386 g/mol. The van der Waals surface area contributed by atoms with Gasteiger partial charge in [0.15, 0.2) is 0 Å². The molecular formula is C20H26N4O2S. The van der Waals surface area contributed by atoms with E-state index in [-0.39, 0.29) is 5.91 Å². The number of carbonyl (C=O) groups excluding carboxylic acids is 1. The van der Waals surface area contributed by atoms with Crippen LogP contribution in [0.5, 0.6) is 0 Å². The van der Waals surface area contributed by atoms with Crippen LogP contribution in [-0.2, 0) is 4.79 Å². The number of hydrogen-bond acceptors (Lipinski definition) is 5. The second-order valence-corrected chi connectivity index (χ2v) is 8.39. The number of aliphatic hydroxyl groups is 1. The average Bonchev–Trinajstić information content (AvgIpc) is 3.26. The van der Waals surface area contributed by atoms with Gasteiger partial charge in [-0.3, -0.25) is 9.78 Å². The molecule has 6 nitrogen and oxygen atoms in total. The van der Waals surface area contributed by atoms with Gasteiger partial charge in [-0.05, 0) is 56.9 Å². The molecule has 0 radical (unpaired) electrons. The van der Waals surface area contributed by atoms with Crippen molar-refractivity contribution < 1.29 is 9.90 Å². The highest BCUT2D eigenvalue weighted by molar-refractivity contribution is 7.18. The third-order valence-electron chi connectivity index (χ3n) is 5.55. The summed E-state index contributed by atoms with van der Waals surface area (Å²) in [6, 6.07) is 2.33. The fourth-order valence-electron chi connectivity index (χ4n) is 4.30. The van der Waals surface area contributed by atoms with Crippen LogP contribution in [-0.4, -0.2) is 32.1 Å². The molecule has 144 valence electrons. The van der Waals surface area contributed by atoms with Crippen molar-refractivity contribution in [3.63, 3.8) is 0 Å². The van der Waals surface area contributed by atoms with Gasteiger partial charge in [0.1, 0.15) is 17.4 Å². The minimum Gasteiger partial charge on any atom is -0.385 e. The first-order valence-corrected chi connectivity index (χ1v) is 10.6. The number of amides is 1. The number of pyridine rings is 1. The molecule has 1 saturated carbocycles. The summed E-state index contributed by atoms with van der Waals surface area (Å²) in [4.78, 5) is 21.1. The van der Waals surface area contributed by atoms with Crippen LogP contribution in [0.3, 0.4) is 0 Å². The van der Waals surface area contributed by atoms with Crippen molar-refractivity contribution in [2.45, 2.75) is 58.1 Å². The van der Waals surface area contributed by atoms with Crippen molar-refractivity contribution in [2.24, 2.45) is 5.92 Å². The molecule has 3 heterocycles. The van der Waals surface area contributed by atoms with E-state index in [0.29, 0.717) is 24.9 Å². The summed E-state index contributed by atoms with van der Waals surface area (Å²) in [6.45, 7) is 4.42. The summed E-state index contributed by atoms with van der Waals surface area (Å²) in [5.41, 5.74) is 2.93. The molecule has 2 N–H and O–H groups in total. The number of rotatable bonds is 5. The molecule has 1 atom stereocenters. The van der Waals surface area contributed by atoms with Crippen LogP contribution in [0.2, 0.25) is 0 Å². The van der Waals surface area contributed by atoms with Crippen molar-refractivity contribution in [1.82, 2.24) is 19.9 Å². The molecule has 1 fully saturated rings. The molecular weight excluding hydrogens is 360 g/mol. The molecule has 1 aliphatic rings. The number of nitrogens with zero attached hydrogens (tertiary/aromatic N) is 3. The summed E-state index contributed by atoms with van der Waals surface area (Å²) in [7, 11) is 0. The number of thiophene rings is 1. The lowest BCUT2D eigenvalue weighted by Gasteiger charge is -2.31. The fraction of sp³-hybridized carbons (Fsp3) is 0.550. The molecule has 7 heteroatoms. The Hall–Kier alpha value is -1.99. The highest BCUT2D eigenvalue weighted by atomic mass is 32.1. The number of fused-ring (bicyclic) bond motifs is 3. The van der Waals surface area contributed by atoms with Gasteiger partial charge in [0, 0.05) is 19.0 Å². The Morgan fingerprint density at radius 1 is 1.37 bits per heavy atom. The van der Waals surface area contributed by atoms with Crippen molar-refractivity contribution in [1.29, 1.82) is 0 Å². The molecule has 27 heavy (non-hydrogen) atoms. The predicted molar refractivity (Wildman–Crippen MR) is 108 cm³/mol. The number of nitrogens with one attached hydrogen (secondary N) is 1. The van der Waals surface area contributed by atoms with Gasteiger partial charge in [-0.2, -0.15) is 0 Å². The third-order valence-corrected chi connectivity index (χ3v) is 6.46. The smallest absolute Gasteiger partial charge is 0.220 e. The zero-order valence-electron chi connectivity index (χ0n) is 15.8. The topological polar surface area (TPSA) is 80.0 Å². The van der Waals surface area contributed by atoms with Crippen LogP contribution in [0.1, 0.15) is 63.9 Å². The van der Waals surface area contributed by atoms with Gasteiger partial charge in [0.2, 0.25) is 5.91 Å². The number of hydrogen-bond donors (Lipinski definition) is 2. The van der Waals surface area contributed by atoms with E-state index in [1.54, 1.807) is 18.3 Å². The Balaban J connectivity index is 1.64. The van der Waals surface area contributed by atoms with E-state index in [9.17, 15) is 9.90 Å². The maximum atomic E-state index is 11.9. The molecule has 1 unspecified atom stereocenters. The Morgan fingerprint density at radius 2 is 2.15 bits per heavy atom. The summed E-state index contributed by atoms with van der Waals surface area (Å²) in [5.74, 6) is 1.32. The van der Waals surface area contributed by atoms with E-state index in [0.717, 1.165) is 52.8 Å². The second-order valence-electron chi connectivity index (χ2n) is 7.48. The normalized spacial score (nSPS) is 21.6. The highest BCUT2D eigenvalue weighted by Gasteiger charge is 2.29. The van der Waals surface area contributed by atoms with Gasteiger partial charge < -0.3 is 15.0 Å². The molecule has 0 aliphatic heterocycles. The summed E-state index contributed by atoms with van der Waals surface area (Å²) < 4.78 is 3.39. The van der Waals surface area contributed by atoms with Gasteiger partial charge in [-0.15, -0.1) is 11.3 Å². The fourth-order valence-corrected chi connectivity index (χ4v) is 5.19. The quantitative estimate of drug-likeness (QED) is 0.696. The number of imidazole rings is 1. The lowest BCUT2D eigenvalue weighted by molar-refractivity contribution is -0.122. The Labute approximate surface area is 162 Å². The Bertz CT molecular complexity index is 954.